The first-order chi connectivity index (χ1) is 21.9. The van der Waals surface area contributed by atoms with Gasteiger partial charge in [-0.15, -0.1) is 0 Å². The third-order valence-electron chi connectivity index (χ3n) is 16.6. The van der Waals surface area contributed by atoms with E-state index in [0.29, 0.717) is 28.1 Å². The van der Waals surface area contributed by atoms with Crippen LogP contribution in [-0.4, -0.2) is 9.97 Å². The molecular formula is C44H44N2. The molecule has 46 heavy (non-hydrogen) atoms. The van der Waals surface area contributed by atoms with E-state index in [1.54, 1.807) is 16.7 Å². The fourth-order valence-corrected chi connectivity index (χ4v) is 14.5. The van der Waals surface area contributed by atoms with E-state index in [1.807, 2.05) is 0 Å². The molecule has 2 bridgehead atoms. The number of aromatic nitrogens is 2. The van der Waals surface area contributed by atoms with Gasteiger partial charge in [0.1, 0.15) is 0 Å². The SMILES string of the molecule is Cc1cc(-c2nc3ccccc3c3c2C2(C)CC4(C)C5(C)CC3C254)c(C)cc1-c1nc2ccccc2c2c1C1(C)CCC2C1(C)C. The summed E-state index contributed by atoms with van der Waals surface area (Å²) in [4.78, 5) is 11.1. The molecule has 11 rings (SSSR count). The van der Waals surface area contributed by atoms with Gasteiger partial charge in [-0.2, -0.15) is 0 Å². The van der Waals surface area contributed by atoms with E-state index in [-0.39, 0.29) is 16.2 Å². The summed E-state index contributed by atoms with van der Waals surface area (Å²) in [6, 6.07) is 22.9. The number of aryl methyl sites for hydroxylation is 2. The Balaban J connectivity index is 1.16. The molecule has 7 unspecified atom stereocenters. The van der Waals surface area contributed by atoms with Gasteiger partial charge < -0.3 is 0 Å². The first-order valence-corrected chi connectivity index (χ1v) is 17.8. The van der Waals surface area contributed by atoms with Crippen LogP contribution in [0.2, 0.25) is 0 Å². The summed E-state index contributed by atoms with van der Waals surface area (Å²) in [7, 11) is 0. The Labute approximate surface area is 273 Å². The Morgan fingerprint density at radius 3 is 1.70 bits per heavy atom. The van der Waals surface area contributed by atoms with E-state index >= 15 is 0 Å². The van der Waals surface area contributed by atoms with Gasteiger partial charge in [0, 0.05) is 32.7 Å². The fourth-order valence-electron chi connectivity index (χ4n) is 14.5. The lowest BCUT2D eigenvalue weighted by atomic mass is 9.50. The molecule has 6 aliphatic rings. The van der Waals surface area contributed by atoms with Gasteiger partial charge in [-0.05, 0) is 131 Å². The summed E-state index contributed by atoms with van der Waals surface area (Å²) in [6.07, 6.45) is 5.16. The smallest absolute Gasteiger partial charge is 0.0753 e. The van der Waals surface area contributed by atoms with Gasteiger partial charge in [0.2, 0.25) is 0 Å². The molecule has 2 heterocycles. The lowest BCUT2D eigenvalue weighted by molar-refractivity contribution is 0.0209. The minimum atomic E-state index is 0.125. The second kappa shape index (κ2) is 7.30. The molecular weight excluding hydrogens is 556 g/mol. The number of hydrogen-bond acceptors (Lipinski definition) is 2. The predicted molar refractivity (Wildman–Crippen MR) is 188 cm³/mol. The van der Waals surface area contributed by atoms with Gasteiger partial charge >= 0.3 is 0 Å². The third-order valence-corrected chi connectivity index (χ3v) is 16.6. The molecule has 6 aliphatic carbocycles. The van der Waals surface area contributed by atoms with Crippen LogP contribution in [0.25, 0.3) is 44.3 Å². The highest BCUT2D eigenvalue weighted by Crippen LogP contribution is 3.08. The van der Waals surface area contributed by atoms with Gasteiger partial charge in [-0.25, -0.2) is 9.97 Å². The lowest BCUT2D eigenvalue weighted by Crippen LogP contribution is -2.49. The first kappa shape index (κ1) is 26.5. The molecule has 4 fully saturated rings. The highest BCUT2D eigenvalue weighted by molar-refractivity contribution is 5.95. The Morgan fingerprint density at radius 2 is 1.15 bits per heavy atom. The molecule has 5 aromatic rings. The molecule has 0 N–H and O–H groups in total. The van der Waals surface area contributed by atoms with Crippen molar-refractivity contribution in [2.75, 3.05) is 0 Å². The van der Waals surface area contributed by atoms with Crippen LogP contribution in [0, 0.1) is 35.5 Å². The largest absolute Gasteiger partial charge is 0.247 e. The molecule has 1 spiro atoms. The Hall–Kier alpha value is -3.52. The zero-order valence-electron chi connectivity index (χ0n) is 28.7. The quantitative estimate of drug-likeness (QED) is 0.201. The Kier molecular flexibility index (Phi) is 4.21. The summed E-state index contributed by atoms with van der Waals surface area (Å²) < 4.78 is 0. The molecule has 2 heteroatoms. The first-order valence-electron chi connectivity index (χ1n) is 17.8. The predicted octanol–water partition coefficient (Wildman–Crippen LogP) is 11.1. The van der Waals surface area contributed by atoms with E-state index in [0.717, 1.165) is 11.0 Å². The van der Waals surface area contributed by atoms with Crippen molar-refractivity contribution in [3.05, 3.63) is 94.0 Å². The molecule has 4 saturated carbocycles. The molecule has 0 radical (unpaired) electrons. The molecule has 2 nitrogen and oxygen atoms in total. The second-order valence-corrected chi connectivity index (χ2v) is 17.9. The van der Waals surface area contributed by atoms with Gasteiger partial charge in [0.05, 0.1) is 22.4 Å². The summed E-state index contributed by atoms with van der Waals surface area (Å²) >= 11 is 0. The molecule has 230 valence electrons. The maximum Gasteiger partial charge on any atom is 0.0753 e. The van der Waals surface area contributed by atoms with Crippen molar-refractivity contribution in [2.24, 2.45) is 21.7 Å². The van der Waals surface area contributed by atoms with Crippen molar-refractivity contribution in [3.63, 3.8) is 0 Å². The van der Waals surface area contributed by atoms with Crippen molar-refractivity contribution >= 4 is 21.8 Å². The number of hydrogen-bond donors (Lipinski definition) is 0. The number of pyridine rings is 2. The number of rotatable bonds is 2. The summed E-state index contributed by atoms with van der Waals surface area (Å²) in [5.74, 6) is 1.26. The topological polar surface area (TPSA) is 25.8 Å². The van der Waals surface area contributed by atoms with Crippen LogP contribution in [0.15, 0.2) is 60.7 Å². The van der Waals surface area contributed by atoms with Crippen LogP contribution in [0.5, 0.6) is 0 Å². The van der Waals surface area contributed by atoms with E-state index < -0.39 is 0 Å². The number of nitrogens with zero attached hydrogens (tertiary/aromatic N) is 2. The fraction of sp³-hybridized carbons (Fsp3) is 0.455. The van der Waals surface area contributed by atoms with Gasteiger partial charge in [0.15, 0.2) is 0 Å². The van der Waals surface area contributed by atoms with Crippen molar-refractivity contribution in [1.29, 1.82) is 0 Å². The zero-order chi connectivity index (χ0) is 31.6. The Bertz CT molecular complexity index is 2300. The maximum atomic E-state index is 5.58. The zero-order valence-corrected chi connectivity index (χ0v) is 28.7. The average Bonchev–Trinajstić information content (AvgIpc) is 3.24. The van der Waals surface area contributed by atoms with Crippen LogP contribution in [0.3, 0.4) is 0 Å². The Morgan fingerprint density at radius 1 is 0.630 bits per heavy atom. The highest BCUT2D eigenvalue weighted by Gasteiger charge is 3.03. The molecule has 0 aliphatic heterocycles. The monoisotopic (exact) mass is 600 g/mol. The molecule has 2 aromatic heterocycles. The summed E-state index contributed by atoms with van der Waals surface area (Å²) in [5.41, 5.74) is 18.3. The van der Waals surface area contributed by atoms with Crippen molar-refractivity contribution in [1.82, 2.24) is 9.97 Å². The number of fused-ring (bicyclic) bond motifs is 13. The third kappa shape index (κ3) is 2.28. The van der Waals surface area contributed by atoms with Crippen molar-refractivity contribution in [2.45, 2.75) is 104 Å². The lowest BCUT2D eigenvalue weighted by Gasteiger charge is -2.52. The minimum absolute atomic E-state index is 0.125. The van der Waals surface area contributed by atoms with Crippen LogP contribution >= 0.6 is 0 Å². The summed E-state index contributed by atoms with van der Waals surface area (Å²) in [5, 5.41) is 2.77. The van der Waals surface area contributed by atoms with Crippen LogP contribution < -0.4 is 0 Å². The molecule has 0 saturated heterocycles. The average molecular weight is 601 g/mol. The number of para-hydroxylation sites is 2. The normalized spacial score (nSPS) is 37.8. The van der Waals surface area contributed by atoms with Gasteiger partial charge in [-0.1, -0.05) is 77.9 Å². The minimum Gasteiger partial charge on any atom is -0.247 e. The number of benzene rings is 3. The van der Waals surface area contributed by atoms with E-state index in [1.165, 1.54) is 75.7 Å². The van der Waals surface area contributed by atoms with Gasteiger partial charge in [0.25, 0.3) is 0 Å². The van der Waals surface area contributed by atoms with E-state index in [2.05, 4.69) is 116 Å². The summed E-state index contributed by atoms with van der Waals surface area (Å²) in [6.45, 7) is 20.0. The molecule has 3 aromatic carbocycles. The molecule has 0 amide bonds. The maximum absolute atomic E-state index is 5.58. The van der Waals surface area contributed by atoms with Gasteiger partial charge in [-0.3, -0.25) is 0 Å². The van der Waals surface area contributed by atoms with Crippen LogP contribution in [-0.2, 0) is 10.8 Å². The standard InChI is InChI=1S/C44H44N2/c1-23-20-28(38-36-34(26-14-10-12-16-32(26)46-38)30-21-42(7)43(8)22-41(36,6)44(30,42)43)24(2)19-27(23)37-35-33(25-13-9-11-15-31(25)45-37)29-17-18-40(35,5)39(29,3)4/h9-16,19-20,29-30H,17-18,21-22H2,1-8H3. The van der Waals surface area contributed by atoms with E-state index in [4.69, 9.17) is 9.97 Å². The highest BCUT2D eigenvalue weighted by atomic mass is 15.1. The van der Waals surface area contributed by atoms with Crippen LogP contribution in [0.4, 0.5) is 0 Å². The van der Waals surface area contributed by atoms with Crippen molar-refractivity contribution in [3.8, 4) is 22.5 Å². The van der Waals surface area contributed by atoms with E-state index in [9.17, 15) is 0 Å². The molecule has 7 atom stereocenters. The van der Waals surface area contributed by atoms with Crippen LogP contribution in [0.1, 0.15) is 112 Å². The second-order valence-electron chi connectivity index (χ2n) is 17.9. The van der Waals surface area contributed by atoms with Crippen molar-refractivity contribution < 1.29 is 0 Å².